The summed E-state index contributed by atoms with van der Waals surface area (Å²) in [6.45, 7) is 5.74. The van der Waals surface area contributed by atoms with Crippen molar-refractivity contribution >= 4 is 6.16 Å². The summed E-state index contributed by atoms with van der Waals surface area (Å²) in [6, 6.07) is 0. The molecule has 80 valence electrons. The molecule has 5 nitrogen and oxygen atoms in total. The molecular weight excluding hydrogens is 176 g/mol. The number of rotatable bonds is 2. The second-order valence-corrected chi connectivity index (χ2v) is 3.56. The van der Waals surface area contributed by atoms with E-state index in [1.54, 1.807) is 0 Å². The number of carboxylic acid groups (broad SMARTS) is 1. The van der Waals surface area contributed by atoms with Crippen LogP contribution in [0.2, 0.25) is 0 Å². The molecule has 0 aromatic heterocycles. The fourth-order valence-corrected chi connectivity index (χ4v) is 0.278. The van der Waals surface area contributed by atoms with Crippen LogP contribution in [0.25, 0.3) is 0 Å². The first-order valence-corrected chi connectivity index (χ1v) is 3.91. The van der Waals surface area contributed by atoms with E-state index in [-0.39, 0.29) is 25.2 Å². The summed E-state index contributed by atoms with van der Waals surface area (Å²) in [5, 5.41) is 23.3. The normalized spacial score (nSPS) is 9.92. The molecule has 0 spiro atoms. The number of aliphatic hydroxyl groups excluding tert-OH is 2. The van der Waals surface area contributed by atoms with Crippen LogP contribution in [-0.4, -0.2) is 41.3 Å². The number of hydrogen-bond acceptors (Lipinski definition) is 4. The molecule has 0 aromatic carbocycles. The molecule has 0 saturated carbocycles. The molecule has 0 aromatic rings. The van der Waals surface area contributed by atoms with Gasteiger partial charge in [-0.25, -0.2) is 4.79 Å². The topological polar surface area (TPSA) is 87.0 Å². The van der Waals surface area contributed by atoms with E-state index in [4.69, 9.17) is 15.3 Å². The molecule has 0 heterocycles. The van der Waals surface area contributed by atoms with Gasteiger partial charge in [-0.3, -0.25) is 0 Å². The van der Waals surface area contributed by atoms with Crippen LogP contribution >= 0.6 is 0 Å². The molecule has 5 heteroatoms. The Kier molecular flexibility index (Phi) is 8.84. The summed E-state index contributed by atoms with van der Waals surface area (Å²) in [5.74, 6) is 0. The second-order valence-electron chi connectivity index (χ2n) is 3.56. The first kappa shape index (κ1) is 14.7. The molecule has 3 N–H and O–H groups in total. The maximum Gasteiger partial charge on any atom is 0.505 e. The van der Waals surface area contributed by atoms with Gasteiger partial charge in [-0.05, 0) is 5.41 Å². The van der Waals surface area contributed by atoms with Gasteiger partial charge in [0.15, 0.2) is 0 Å². The predicted octanol–water partition coefficient (Wildman–Crippen LogP) is 0.698. The molecule has 0 rings (SSSR count). The van der Waals surface area contributed by atoms with E-state index in [0.29, 0.717) is 0 Å². The van der Waals surface area contributed by atoms with Gasteiger partial charge in [-0.2, -0.15) is 0 Å². The molecule has 13 heavy (non-hydrogen) atoms. The van der Waals surface area contributed by atoms with Gasteiger partial charge in [0.2, 0.25) is 0 Å². The molecule has 0 aliphatic heterocycles. The Bertz CT molecular complexity index is 125. The van der Waals surface area contributed by atoms with Gasteiger partial charge in [0, 0.05) is 0 Å². The van der Waals surface area contributed by atoms with E-state index in [1.807, 2.05) is 20.8 Å². The monoisotopic (exact) mass is 194 g/mol. The minimum absolute atomic E-state index is 0.0710. The standard InChI is InChI=1S/C6H12O3.C2H6O2/c1-6(2,3)4-9-5(7)8;3-1-2-4/h4H2,1-3H3,(H,7,8);3-4H,1-2H2. The summed E-state index contributed by atoms with van der Waals surface area (Å²) in [4.78, 5) is 9.82. The van der Waals surface area contributed by atoms with Gasteiger partial charge in [0.25, 0.3) is 0 Å². The van der Waals surface area contributed by atoms with Crippen LogP contribution in [0.4, 0.5) is 4.79 Å². The van der Waals surface area contributed by atoms with Gasteiger partial charge in [0.05, 0.1) is 19.8 Å². The van der Waals surface area contributed by atoms with E-state index in [0.717, 1.165) is 0 Å². The zero-order valence-corrected chi connectivity index (χ0v) is 8.28. The third-order valence-electron chi connectivity index (χ3n) is 0.729. The molecule has 0 unspecified atom stereocenters. The average Bonchev–Trinajstić information content (AvgIpc) is 2.00. The largest absolute Gasteiger partial charge is 0.505 e. The SMILES string of the molecule is CC(C)(C)COC(=O)O.OCCO. The van der Waals surface area contributed by atoms with Crippen molar-refractivity contribution in [1.29, 1.82) is 0 Å². The maximum atomic E-state index is 9.82. The Morgan fingerprint density at radius 3 is 1.69 bits per heavy atom. The van der Waals surface area contributed by atoms with Crippen molar-refractivity contribution in [3.63, 3.8) is 0 Å². The van der Waals surface area contributed by atoms with Gasteiger partial charge in [-0.15, -0.1) is 0 Å². The number of ether oxygens (including phenoxy) is 1. The van der Waals surface area contributed by atoms with Crippen LogP contribution in [-0.2, 0) is 4.74 Å². The van der Waals surface area contributed by atoms with Crippen molar-refractivity contribution < 1.29 is 24.9 Å². The van der Waals surface area contributed by atoms with E-state index < -0.39 is 6.16 Å². The van der Waals surface area contributed by atoms with Crippen molar-refractivity contribution in [2.75, 3.05) is 19.8 Å². The molecular formula is C8H18O5. The van der Waals surface area contributed by atoms with Crippen LogP contribution in [0.3, 0.4) is 0 Å². The zero-order valence-electron chi connectivity index (χ0n) is 8.28. The first-order valence-electron chi connectivity index (χ1n) is 3.91. The van der Waals surface area contributed by atoms with Crippen LogP contribution < -0.4 is 0 Å². The lowest BCUT2D eigenvalue weighted by molar-refractivity contribution is 0.0621. The molecule has 0 saturated heterocycles. The Balaban J connectivity index is 0. The minimum atomic E-state index is -1.20. The summed E-state index contributed by atoms with van der Waals surface area (Å²) in [7, 11) is 0. The van der Waals surface area contributed by atoms with E-state index in [1.165, 1.54) is 0 Å². The highest BCUT2D eigenvalue weighted by molar-refractivity contribution is 5.56. The van der Waals surface area contributed by atoms with Gasteiger partial charge in [0.1, 0.15) is 0 Å². The van der Waals surface area contributed by atoms with Crippen molar-refractivity contribution in [2.45, 2.75) is 20.8 Å². The summed E-state index contributed by atoms with van der Waals surface area (Å²) >= 11 is 0. The van der Waals surface area contributed by atoms with Crippen LogP contribution in [0.1, 0.15) is 20.8 Å². The smallest absolute Gasteiger partial charge is 0.450 e. The predicted molar refractivity (Wildman–Crippen MR) is 47.6 cm³/mol. The summed E-state index contributed by atoms with van der Waals surface area (Å²) < 4.78 is 4.32. The van der Waals surface area contributed by atoms with Gasteiger partial charge < -0.3 is 20.1 Å². The highest BCUT2D eigenvalue weighted by Gasteiger charge is 2.12. The van der Waals surface area contributed by atoms with E-state index in [2.05, 4.69) is 4.74 Å². The minimum Gasteiger partial charge on any atom is -0.450 e. The Morgan fingerprint density at radius 1 is 1.23 bits per heavy atom. The molecule has 0 radical (unpaired) electrons. The lowest BCUT2D eigenvalue weighted by Gasteiger charge is -2.15. The van der Waals surface area contributed by atoms with Crippen molar-refractivity contribution in [2.24, 2.45) is 5.41 Å². The van der Waals surface area contributed by atoms with Crippen molar-refractivity contribution in [1.82, 2.24) is 0 Å². The first-order chi connectivity index (χ1) is 5.83. The number of hydrogen-bond donors (Lipinski definition) is 3. The van der Waals surface area contributed by atoms with Gasteiger partial charge >= 0.3 is 6.16 Å². The Labute approximate surface area is 78.0 Å². The van der Waals surface area contributed by atoms with Crippen molar-refractivity contribution in [3.8, 4) is 0 Å². The quantitative estimate of drug-likeness (QED) is 0.563. The molecule has 0 fully saturated rings. The third kappa shape index (κ3) is 24.7. The lowest BCUT2D eigenvalue weighted by atomic mass is 9.99. The highest BCUT2D eigenvalue weighted by Crippen LogP contribution is 2.12. The van der Waals surface area contributed by atoms with Crippen molar-refractivity contribution in [3.05, 3.63) is 0 Å². The molecule has 0 amide bonds. The molecule has 0 aliphatic carbocycles. The second kappa shape index (κ2) is 7.82. The van der Waals surface area contributed by atoms with E-state index in [9.17, 15) is 4.79 Å². The lowest BCUT2D eigenvalue weighted by Crippen LogP contribution is -2.16. The van der Waals surface area contributed by atoms with Crippen LogP contribution in [0.5, 0.6) is 0 Å². The molecule has 0 atom stereocenters. The maximum absolute atomic E-state index is 9.82. The van der Waals surface area contributed by atoms with Crippen LogP contribution in [0.15, 0.2) is 0 Å². The summed E-state index contributed by atoms with van der Waals surface area (Å²) in [6.07, 6.45) is -1.20. The molecule has 0 bridgehead atoms. The van der Waals surface area contributed by atoms with Crippen LogP contribution in [0, 0.1) is 5.41 Å². The Hall–Kier alpha value is -0.810. The molecule has 0 aliphatic rings. The van der Waals surface area contributed by atoms with Gasteiger partial charge in [-0.1, -0.05) is 20.8 Å². The fraction of sp³-hybridized carbons (Fsp3) is 0.875. The third-order valence-corrected chi connectivity index (χ3v) is 0.729. The Morgan fingerprint density at radius 2 is 1.62 bits per heavy atom. The van der Waals surface area contributed by atoms with E-state index >= 15 is 0 Å². The average molecular weight is 194 g/mol. The summed E-state index contributed by atoms with van der Waals surface area (Å²) in [5.41, 5.74) is -0.0710. The number of carbonyl (C=O) groups is 1. The number of aliphatic hydroxyl groups is 2. The highest BCUT2D eigenvalue weighted by atomic mass is 16.7. The zero-order chi connectivity index (χ0) is 10.9. The fourth-order valence-electron chi connectivity index (χ4n) is 0.278.